The number of carbonyl (C=O) groups excluding carboxylic acids is 2. The van der Waals surface area contributed by atoms with E-state index in [1.807, 2.05) is 42.6 Å². The number of phenolic OH excluding ortho intramolecular Hbond substituents is 1. The molecular weight excluding hydrogens is 478 g/mol. The molecule has 1 atom stereocenters. The predicted octanol–water partition coefficient (Wildman–Crippen LogP) is 5.65. The number of para-hydroxylation sites is 3. The fourth-order valence-corrected chi connectivity index (χ4v) is 5.37. The molecule has 0 aliphatic heterocycles. The lowest BCUT2D eigenvalue weighted by atomic mass is 9.94. The van der Waals surface area contributed by atoms with E-state index in [1.165, 1.54) is 6.42 Å². The zero-order chi connectivity index (χ0) is 26.5. The van der Waals surface area contributed by atoms with Gasteiger partial charge in [0.2, 0.25) is 11.8 Å². The molecule has 0 radical (unpaired) electrons. The number of rotatable bonds is 8. The molecule has 3 aromatic carbocycles. The Labute approximate surface area is 222 Å². The summed E-state index contributed by atoms with van der Waals surface area (Å²) >= 11 is 0. The average Bonchev–Trinajstić information content (AvgIpc) is 3.35. The van der Waals surface area contributed by atoms with Crippen LogP contribution in [0.2, 0.25) is 0 Å². The summed E-state index contributed by atoms with van der Waals surface area (Å²) in [6, 6.07) is 20.7. The Morgan fingerprint density at radius 3 is 2.47 bits per heavy atom. The Morgan fingerprint density at radius 2 is 1.71 bits per heavy atom. The molecule has 38 heavy (non-hydrogen) atoms. The molecule has 5 rings (SSSR count). The van der Waals surface area contributed by atoms with Crippen LogP contribution in [0, 0.1) is 0 Å². The van der Waals surface area contributed by atoms with E-state index in [4.69, 9.17) is 4.74 Å². The second-order valence-electron chi connectivity index (χ2n) is 9.81. The van der Waals surface area contributed by atoms with Gasteiger partial charge >= 0.3 is 0 Å². The van der Waals surface area contributed by atoms with Crippen LogP contribution in [-0.4, -0.2) is 35.1 Å². The lowest BCUT2D eigenvalue weighted by molar-refractivity contribution is -0.127. The molecule has 1 heterocycles. The Kier molecular flexibility index (Phi) is 7.63. The summed E-state index contributed by atoms with van der Waals surface area (Å²) in [6.45, 7) is 0. The maximum Gasteiger partial charge on any atom is 0.248 e. The monoisotopic (exact) mass is 511 g/mol. The number of phenols is 1. The van der Waals surface area contributed by atoms with Gasteiger partial charge < -0.3 is 20.1 Å². The number of H-pyrrole nitrogens is 1. The standard InChI is InChI=1S/C31H33N3O4/c1-38-28-14-8-7-13-27(28)34(29(36)19-22-20-32-26-12-6-5-11-25(22)26)30(21-15-17-24(35)18-16-21)31(37)33-23-9-3-2-4-10-23/h5-8,11-18,20,23,30,32,35H,2-4,9-10,19H2,1H3,(H,33,37)/t30-/m0/s1. The number of nitrogens with zero attached hydrogens (tertiary/aromatic N) is 1. The molecule has 0 spiro atoms. The minimum Gasteiger partial charge on any atom is -0.508 e. The lowest BCUT2D eigenvalue weighted by Crippen LogP contribution is -2.47. The van der Waals surface area contributed by atoms with Crippen molar-refractivity contribution in [2.24, 2.45) is 0 Å². The molecule has 0 saturated heterocycles. The molecule has 0 bridgehead atoms. The molecule has 1 aliphatic carbocycles. The molecule has 1 fully saturated rings. The molecule has 1 aliphatic rings. The second kappa shape index (κ2) is 11.4. The van der Waals surface area contributed by atoms with E-state index in [0.29, 0.717) is 17.0 Å². The summed E-state index contributed by atoms with van der Waals surface area (Å²) in [4.78, 5) is 33.0. The average molecular weight is 512 g/mol. The van der Waals surface area contributed by atoms with Gasteiger partial charge in [-0.1, -0.05) is 61.7 Å². The first-order valence-electron chi connectivity index (χ1n) is 13.1. The Hall–Kier alpha value is -4.26. The number of ether oxygens (including phenoxy) is 1. The number of amides is 2. The van der Waals surface area contributed by atoms with Crippen molar-refractivity contribution in [3.05, 3.63) is 90.1 Å². The minimum absolute atomic E-state index is 0.0686. The van der Waals surface area contributed by atoms with Crippen LogP contribution < -0.4 is 15.0 Å². The molecule has 1 saturated carbocycles. The normalized spacial score (nSPS) is 14.7. The molecule has 1 aromatic heterocycles. The zero-order valence-electron chi connectivity index (χ0n) is 21.5. The number of fused-ring (bicyclic) bond motifs is 1. The Morgan fingerprint density at radius 1 is 1.00 bits per heavy atom. The van der Waals surface area contributed by atoms with Crippen molar-refractivity contribution < 1.29 is 19.4 Å². The summed E-state index contributed by atoms with van der Waals surface area (Å²) < 4.78 is 5.65. The highest BCUT2D eigenvalue weighted by Gasteiger charge is 2.35. The van der Waals surface area contributed by atoms with Crippen LogP contribution in [0.3, 0.4) is 0 Å². The van der Waals surface area contributed by atoms with Gasteiger partial charge in [0.15, 0.2) is 0 Å². The number of anilines is 1. The first kappa shape index (κ1) is 25.4. The van der Waals surface area contributed by atoms with Crippen molar-refractivity contribution in [1.82, 2.24) is 10.3 Å². The van der Waals surface area contributed by atoms with Crippen LogP contribution in [0.25, 0.3) is 10.9 Å². The van der Waals surface area contributed by atoms with Crippen molar-refractivity contribution >= 4 is 28.4 Å². The van der Waals surface area contributed by atoms with Crippen LogP contribution in [-0.2, 0) is 16.0 Å². The van der Waals surface area contributed by atoms with Gasteiger partial charge in [-0.2, -0.15) is 0 Å². The number of carbonyl (C=O) groups is 2. The quantitative estimate of drug-likeness (QED) is 0.285. The maximum absolute atomic E-state index is 14.2. The zero-order valence-corrected chi connectivity index (χ0v) is 21.5. The van der Waals surface area contributed by atoms with Crippen LogP contribution >= 0.6 is 0 Å². The number of aromatic hydroxyl groups is 1. The SMILES string of the molecule is COc1ccccc1N(C(=O)Cc1c[nH]c2ccccc12)[C@H](C(=O)NC1CCCCC1)c1ccc(O)cc1. The molecule has 4 aromatic rings. The van der Waals surface area contributed by atoms with Crippen LogP contribution in [0.5, 0.6) is 11.5 Å². The van der Waals surface area contributed by atoms with Crippen LogP contribution in [0.4, 0.5) is 5.69 Å². The van der Waals surface area contributed by atoms with E-state index in [0.717, 1.165) is 42.1 Å². The third-order valence-electron chi connectivity index (χ3n) is 7.30. The molecule has 3 N–H and O–H groups in total. The van der Waals surface area contributed by atoms with Gasteiger partial charge in [-0.05, 0) is 54.3 Å². The Bertz CT molecular complexity index is 1410. The van der Waals surface area contributed by atoms with Crippen molar-refractivity contribution in [3.8, 4) is 11.5 Å². The molecule has 2 amide bonds. The van der Waals surface area contributed by atoms with Gasteiger partial charge in [0.05, 0.1) is 19.2 Å². The van der Waals surface area contributed by atoms with Crippen molar-refractivity contribution in [1.29, 1.82) is 0 Å². The smallest absolute Gasteiger partial charge is 0.248 e. The van der Waals surface area contributed by atoms with E-state index in [1.54, 1.807) is 48.4 Å². The summed E-state index contributed by atoms with van der Waals surface area (Å²) in [6.07, 6.45) is 7.10. The largest absolute Gasteiger partial charge is 0.508 e. The summed E-state index contributed by atoms with van der Waals surface area (Å²) in [5, 5.41) is 14.1. The number of aromatic amines is 1. The summed E-state index contributed by atoms with van der Waals surface area (Å²) in [7, 11) is 1.55. The fourth-order valence-electron chi connectivity index (χ4n) is 5.37. The van der Waals surface area contributed by atoms with Gasteiger partial charge in [-0.3, -0.25) is 14.5 Å². The van der Waals surface area contributed by atoms with E-state index in [9.17, 15) is 14.7 Å². The fraction of sp³-hybridized carbons (Fsp3) is 0.290. The summed E-state index contributed by atoms with van der Waals surface area (Å²) in [5.74, 6) is 0.0973. The first-order valence-corrected chi connectivity index (χ1v) is 13.1. The van der Waals surface area contributed by atoms with Crippen molar-refractivity contribution in [2.45, 2.75) is 50.6 Å². The molecule has 196 valence electrons. The number of hydrogen-bond donors (Lipinski definition) is 3. The minimum atomic E-state index is -0.952. The van der Waals surface area contributed by atoms with Crippen LogP contribution in [0.1, 0.15) is 49.3 Å². The second-order valence-corrected chi connectivity index (χ2v) is 9.81. The maximum atomic E-state index is 14.2. The van der Waals surface area contributed by atoms with Gasteiger partial charge in [-0.15, -0.1) is 0 Å². The topological polar surface area (TPSA) is 94.7 Å². The van der Waals surface area contributed by atoms with E-state index in [2.05, 4.69) is 10.3 Å². The molecule has 7 heteroatoms. The number of hydrogen-bond acceptors (Lipinski definition) is 4. The van der Waals surface area contributed by atoms with E-state index >= 15 is 0 Å². The van der Waals surface area contributed by atoms with Gasteiger partial charge in [0.25, 0.3) is 0 Å². The lowest BCUT2D eigenvalue weighted by Gasteiger charge is -2.34. The van der Waals surface area contributed by atoms with Crippen molar-refractivity contribution in [3.63, 3.8) is 0 Å². The molecular formula is C31H33N3O4. The van der Waals surface area contributed by atoms with E-state index in [-0.39, 0.29) is 30.0 Å². The summed E-state index contributed by atoms with van der Waals surface area (Å²) in [5.41, 5.74) is 2.91. The van der Waals surface area contributed by atoms with Crippen molar-refractivity contribution in [2.75, 3.05) is 12.0 Å². The highest BCUT2D eigenvalue weighted by molar-refractivity contribution is 6.04. The highest BCUT2D eigenvalue weighted by atomic mass is 16.5. The van der Waals surface area contributed by atoms with E-state index < -0.39 is 6.04 Å². The number of methoxy groups -OCH3 is 1. The first-order chi connectivity index (χ1) is 18.5. The number of benzene rings is 3. The third kappa shape index (κ3) is 5.37. The van der Waals surface area contributed by atoms with Gasteiger partial charge in [0.1, 0.15) is 17.5 Å². The molecule has 7 nitrogen and oxygen atoms in total. The Balaban J connectivity index is 1.58. The third-order valence-corrected chi connectivity index (χ3v) is 7.30. The highest BCUT2D eigenvalue weighted by Crippen LogP contribution is 2.36. The van der Waals surface area contributed by atoms with Gasteiger partial charge in [0, 0.05) is 23.1 Å². The number of aromatic nitrogens is 1. The van der Waals surface area contributed by atoms with Gasteiger partial charge in [-0.25, -0.2) is 0 Å². The predicted molar refractivity (Wildman–Crippen MR) is 148 cm³/mol. The molecule has 0 unspecified atom stereocenters. The van der Waals surface area contributed by atoms with Crippen LogP contribution in [0.15, 0.2) is 79.0 Å². The number of nitrogens with one attached hydrogen (secondary N) is 2.